The molecule has 0 spiro atoms. The molecule has 0 aliphatic heterocycles. The van der Waals surface area contributed by atoms with Gasteiger partial charge in [-0.1, -0.05) is 6.92 Å². The third-order valence-corrected chi connectivity index (χ3v) is 2.17. The van der Waals surface area contributed by atoms with Gasteiger partial charge >= 0.3 is 0 Å². The molecule has 84 valence electrons. The molecule has 0 saturated heterocycles. The maximum Gasteiger partial charge on any atom is 0.268 e. The minimum Gasteiger partial charge on any atom is -0.394 e. The monoisotopic (exact) mass is 211 g/mol. The van der Waals surface area contributed by atoms with Crippen molar-refractivity contribution < 1.29 is 5.11 Å². The van der Waals surface area contributed by atoms with Crippen LogP contribution in [0.2, 0.25) is 0 Å². The summed E-state index contributed by atoms with van der Waals surface area (Å²) < 4.78 is 1.25. The van der Waals surface area contributed by atoms with E-state index < -0.39 is 0 Å². The first-order valence-electron chi connectivity index (χ1n) is 5.08. The Labute approximate surface area is 89.0 Å². The van der Waals surface area contributed by atoms with Crippen molar-refractivity contribution in [2.24, 2.45) is 0 Å². The molecule has 0 atom stereocenters. The van der Waals surface area contributed by atoms with Crippen LogP contribution in [-0.4, -0.2) is 35.1 Å². The molecule has 0 aliphatic rings. The Morgan fingerprint density at radius 2 is 2.33 bits per heavy atom. The second kappa shape index (κ2) is 5.50. The van der Waals surface area contributed by atoms with E-state index in [0.29, 0.717) is 0 Å². The predicted octanol–water partition coefficient (Wildman–Crippen LogP) is 0.0818. The first-order valence-corrected chi connectivity index (χ1v) is 5.08. The number of aromatic nitrogens is 2. The zero-order chi connectivity index (χ0) is 11.3. The van der Waals surface area contributed by atoms with Gasteiger partial charge in [0.15, 0.2) is 0 Å². The summed E-state index contributed by atoms with van der Waals surface area (Å²) >= 11 is 0. The number of aliphatic hydroxyl groups excluding tert-OH is 1. The average Bonchev–Trinajstić information content (AvgIpc) is 2.21. The van der Waals surface area contributed by atoms with Crippen LogP contribution in [0.5, 0.6) is 0 Å². The minimum absolute atomic E-state index is 0.0724. The van der Waals surface area contributed by atoms with Gasteiger partial charge in [0, 0.05) is 19.7 Å². The van der Waals surface area contributed by atoms with Gasteiger partial charge in [0.05, 0.1) is 25.0 Å². The Kier molecular flexibility index (Phi) is 4.30. The lowest BCUT2D eigenvalue weighted by Gasteiger charge is -2.17. The standard InChI is InChI=1S/C10H17N3O2/c1-3-4-12(2)9-7-10(15)13(5-6-14)11-8-9/h7-8,14H,3-6H2,1-2H3. The molecule has 0 bridgehead atoms. The number of hydrogen-bond acceptors (Lipinski definition) is 4. The van der Waals surface area contributed by atoms with Crippen molar-refractivity contribution in [1.29, 1.82) is 0 Å². The van der Waals surface area contributed by atoms with Gasteiger partial charge in [-0.3, -0.25) is 4.79 Å². The van der Waals surface area contributed by atoms with E-state index in [1.54, 1.807) is 12.3 Å². The molecule has 15 heavy (non-hydrogen) atoms. The third-order valence-electron chi connectivity index (χ3n) is 2.17. The molecule has 0 amide bonds. The Balaban J connectivity index is 2.86. The summed E-state index contributed by atoms with van der Waals surface area (Å²) in [5, 5.41) is 12.7. The molecule has 0 aliphatic carbocycles. The summed E-state index contributed by atoms with van der Waals surface area (Å²) in [6.45, 7) is 3.15. The van der Waals surface area contributed by atoms with Crippen molar-refractivity contribution in [2.45, 2.75) is 19.9 Å². The highest BCUT2D eigenvalue weighted by Gasteiger charge is 2.03. The van der Waals surface area contributed by atoms with Gasteiger partial charge in [-0.25, -0.2) is 4.68 Å². The van der Waals surface area contributed by atoms with E-state index >= 15 is 0 Å². The second-order valence-electron chi connectivity index (χ2n) is 3.42. The second-order valence-corrected chi connectivity index (χ2v) is 3.42. The zero-order valence-electron chi connectivity index (χ0n) is 9.18. The van der Waals surface area contributed by atoms with Gasteiger partial charge in [-0.05, 0) is 6.42 Å². The predicted molar refractivity (Wildman–Crippen MR) is 59.1 cm³/mol. The van der Waals surface area contributed by atoms with Crippen molar-refractivity contribution in [2.75, 3.05) is 25.1 Å². The van der Waals surface area contributed by atoms with Gasteiger partial charge in [-0.2, -0.15) is 5.10 Å². The van der Waals surface area contributed by atoms with Crippen LogP contribution in [0.4, 0.5) is 5.69 Å². The summed E-state index contributed by atoms with van der Waals surface area (Å²) in [6, 6.07) is 1.54. The molecule has 0 unspecified atom stereocenters. The summed E-state index contributed by atoms with van der Waals surface area (Å²) in [6.07, 6.45) is 2.67. The molecule has 0 aromatic carbocycles. The number of aliphatic hydroxyl groups is 1. The Hall–Kier alpha value is -1.36. The quantitative estimate of drug-likeness (QED) is 0.749. The van der Waals surface area contributed by atoms with E-state index in [-0.39, 0.29) is 18.7 Å². The molecule has 5 nitrogen and oxygen atoms in total. The Morgan fingerprint density at radius 1 is 1.60 bits per heavy atom. The normalized spacial score (nSPS) is 10.3. The Bertz CT molecular complexity index is 362. The fourth-order valence-corrected chi connectivity index (χ4v) is 1.36. The zero-order valence-corrected chi connectivity index (χ0v) is 9.18. The van der Waals surface area contributed by atoms with Gasteiger partial charge in [0.1, 0.15) is 0 Å². The van der Waals surface area contributed by atoms with Crippen molar-refractivity contribution in [1.82, 2.24) is 9.78 Å². The van der Waals surface area contributed by atoms with Crippen LogP contribution in [0.25, 0.3) is 0 Å². The summed E-state index contributed by atoms with van der Waals surface area (Å²) in [5.41, 5.74) is 0.639. The average molecular weight is 211 g/mol. The van der Waals surface area contributed by atoms with E-state index in [1.807, 2.05) is 11.9 Å². The molecular formula is C10H17N3O2. The number of hydrogen-bond donors (Lipinski definition) is 1. The fourth-order valence-electron chi connectivity index (χ4n) is 1.36. The lowest BCUT2D eigenvalue weighted by atomic mass is 10.3. The van der Waals surface area contributed by atoms with Gasteiger partial charge in [0.2, 0.25) is 0 Å². The maximum absolute atomic E-state index is 11.5. The van der Waals surface area contributed by atoms with E-state index in [4.69, 9.17) is 5.11 Å². The molecule has 1 heterocycles. The first-order chi connectivity index (χ1) is 7.19. The molecule has 1 N–H and O–H groups in total. The number of anilines is 1. The number of nitrogens with zero attached hydrogens (tertiary/aromatic N) is 3. The van der Waals surface area contributed by atoms with Crippen molar-refractivity contribution >= 4 is 5.69 Å². The van der Waals surface area contributed by atoms with Crippen LogP contribution in [-0.2, 0) is 6.54 Å². The summed E-state index contributed by atoms with van der Waals surface area (Å²) in [4.78, 5) is 13.5. The molecule has 5 heteroatoms. The highest BCUT2D eigenvalue weighted by Crippen LogP contribution is 2.06. The first kappa shape index (κ1) is 11.7. The SMILES string of the molecule is CCCN(C)c1cnn(CCO)c(=O)c1. The smallest absolute Gasteiger partial charge is 0.268 e. The van der Waals surface area contributed by atoms with Gasteiger partial charge in [-0.15, -0.1) is 0 Å². The fraction of sp³-hybridized carbons (Fsp3) is 0.600. The van der Waals surface area contributed by atoms with Crippen LogP contribution >= 0.6 is 0 Å². The lowest BCUT2D eigenvalue weighted by Crippen LogP contribution is -2.27. The molecule has 0 saturated carbocycles. The highest BCUT2D eigenvalue weighted by molar-refractivity contribution is 5.41. The topological polar surface area (TPSA) is 58.4 Å². The Morgan fingerprint density at radius 3 is 2.87 bits per heavy atom. The van der Waals surface area contributed by atoms with Crippen LogP contribution in [0.3, 0.4) is 0 Å². The summed E-state index contributed by atoms with van der Waals surface area (Å²) in [5.74, 6) is 0. The number of rotatable bonds is 5. The van der Waals surface area contributed by atoms with Crippen LogP contribution in [0, 0.1) is 0 Å². The van der Waals surface area contributed by atoms with Gasteiger partial charge in [0.25, 0.3) is 5.56 Å². The van der Waals surface area contributed by atoms with Crippen molar-refractivity contribution in [3.05, 3.63) is 22.6 Å². The van der Waals surface area contributed by atoms with Crippen LogP contribution < -0.4 is 10.5 Å². The van der Waals surface area contributed by atoms with Crippen molar-refractivity contribution in [3.63, 3.8) is 0 Å². The molecule has 1 rings (SSSR count). The largest absolute Gasteiger partial charge is 0.394 e. The molecule has 1 aromatic rings. The van der Waals surface area contributed by atoms with Crippen molar-refractivity contribution in [3.8, 4) is 0 Å². The van der Waals surface area contributed by atoms with E-state index in [0.717, 1.165) is 18.7 Å². The van der Waals surface area contributed by atoms with Crippen LogP contribution in [0.15, 0.2) is 17.1 Å². The highest BCUT2D eigenvalue weighted by atomic mass is 16.3. The van der Waals surface area contributed by atoms with Crippen LogP contribution in [0.1, 0.15) is 13.3 Å². The molecular weight excluding hydrogens is 194 g/mol. The molecule has 0 radical (unpaired) electrons. The minimum atomic E-state index is -0.176. The lowest BCUT2D eigenvalue weighted by molar-refractivity contribution is 0.266. The third kappa shape index (κ3) is 3.06. The summed E-state index contributed by atoms with van der Waals surface area (Å²) in [7, 11) is 1.93. The van der Waals surface area contributed by atoms with Gasteiger partial charge < -0.3 is 10.0 Å². The molecule has 0 fully saturated rings. The van der Waals surface area contributed by atoms with E-state index in [2.05, 4.69) is 12.0 Å². The maximum atomic E-state index is 11.5. The van der Waals surface area contributed by atoms with E-state index in [9.17, 15) is 4.79 Å². The molecule has 1 aromatic heterocycles. The van der Waals surface area contributed by atoms with E-state index in [1.165, 1.54) is 4.68 Å².